The first-order valence-corrected chi connectivity index (χ1v) is 6.88. The molecule has 1 atom stereocenters. The van der Waals surface area contributed by atoms with Crippen LogP contribution in [0.15, 0.2) is 21.7 Å². The highest BCUT2D eigenvalue weighted by molar-refractivity contribution is 7.88. The minimum absolute atomic E-state index is 0.0115. The van der Waals surface area contributed by atoms with Gasteiger partial charge in [-0.2, -0.15) is 5.26 Å². The number of carbonyl (C=O) groups is 1. The SMILES string of the molecule is CN(CCC#N)C(=O)CS(=O)c1cccs1. The summed E-state index contributed by atoms with van der Waals surface area (Å²) in [6, 6.07) is 5.53. The Morgan fingerprint density at radius 3 is 3.00 bits per heavy atom. The van der Waals surface area contributed by atoms with Crippen molar-refractivity contribution in [3.8, 4) is 6.07 Å². The number of nitriles is 1. The van der Waals surface area contributed by atoms with Gasteiger partial charge in [-0.3, -0.25) is 9.00 Å². The van der Waals surface area contributed by atoms with Gasteiger partial charge >= 0.3 is 0 Å². The predicted octanol–water partition coefficient (Wildman–Crippen LogP) is 1.23. The van der Waals surface area contributed by atoms with Gasteiger partial charge in [0.1, 0.15) is 5.75 Å². The molecule has 6 heteroatoms. The molecule has 1 heterocycles. The van der Waals surface area contributed by atoms with Gasteiger partial charge in [0.15, 0.2) is 0 Å². The molecule has 0 aromatic carbocycles. The van der Waals surface area contributed by atoms with Gasteiger partial charge in [0.25, 0.3) is 0 Å². The third kappa shape index (κ3) is 3.76. The number of carbonyl (C=O) groups excluding carboxylic acids is 1. The van der Waals surface area contributed by atoms with Crippen molar-refractivity contribution in [2.45, 2.75) is 10.6 Å². The van der Waals surface area contributed by atoms with Crippen LogP contribution in [0.25, 0.3) is 0 Å². The monoisotopic (exact) mass is 256 g/mol. The summed E-state index contributed by atoms with van der Waals surface area (Å²) in [7, 11) is 0.352. The Morgan fingerprint density at radius 1 is 1.69 bits per heavy atom. The minimum atomic E-state index is -1.26. The van der Waals surface area contributed by atoms with Crippen LogP contribution in [0.2, 0.25) is 0 Å². The van der Waals surface area contributed by atoms with E-state index in [1.54, 1.807) is 13.1 Å². The van der Waals surface area contributed by atoms with Crippen molar-refractivity contribution in [2.75, 3.05) is 19.3 Å². The van der Waals surface area contributed by atoms with Gasteiger partial charge in [-0.05, 0) is 11.4 Å². The molecule has 0 bridgehead atoms. The third-order valence-corrected chi connectivity index (χ3v) is 4.56. The number of thiophene rings is 1. The van der Waals surface area contributed by atoms with Gasteiger partial charge in [0.2, 0.25) is 5.91 Å². The molecule has 0 aliphatic heterocycles. The Hall–Kier alpha value is -1.19. The van der Waals surface area contributed by atoms with E-state index in [-0.39, 0.29) is 11.7 Å². The van der Waals surface area contributed by atoms with E-state index in [1.807, 2.05) is 17.5 Å². The zero-order chi connectivity index (χ0) is 12.0. The molecule has 16 heavy (non-hydrogen) atoms. The smallest absolute Gasteiger partial charge is 0.235 e. The van der Waals surface area contributed by atoms with Gasteiger partial charge in [0, 0.05) is 13.6 Å². The second kappa shape index (κ2) is 6.40. The lowest BCUT2D eigenvalue weighted by molar-refractivity contribution is -0.127. The third-order valence-electron chi connectivity index (χ3n) is 1.96. The maximum Gasteiger partial charge on any atom is 0.235 e. The van der Waals surface area contributed by atoms with Gasteiger partial charge in [-0.15, -0.1) is 11.3 Å². The fourth-order valence-electron chi connectivity index (χ4n) is 1.03. The maximum absolute atomic E-state index is 11.7. The summed E-state index contributed by atoms with van der Waals surface area (Å²) in [4.78, 5) is 13.0. The molecule has 86 valence electrons. The van der Waals surface area contributed by atoms with Crippen LogP contribution < -0.4 is 0 Å². The first-order chi connectivity index (χ1) is 7.65. The highest BCUT2D eigenvalue weighted by atomic mass is 32.2. The van der Waals surface area contributed by atoms with E-state index in [4.69, 9.17) is 5.26 Å². The van der Waals surface area contributed by atoms with Gasteiger partial charge in [0.05, 0.1) is 27.5 Å². The average molecular weight is 256 g/mol. The molecule has 0 aliphatic rings. The molecule has 4 nitrogen and oxygen atoms in total. The Kier molecular flexibility index (Phi) is 5.15. The standard InChI is InChI=1S/C10H12N2O2S2/c1-12(6-3-5-11)9(13)8-16(14)10-4-2-7-15-10/h2,4,7H,3,6,8H2,1H3. The quantitative estimate of drug-likeness (QED) is 0.796. The zero-order valence-electron chi connectivity index (χ0n) is 8.88. The Morgan fingerprint density at radius 2 is 2.44 bits per heavy atom. The molecule has 0 saturated carbocycles. The van der Waals surface area contributed by atoms with Crippen LogP contribution in [0.4, 0.5) is 0 Å². The van der Waals surface area contributed by atoms with Gasteiger partial charge < -0.3 is 4.90 Å². The van der Waals surface area contributed by atoms with E-state index < -0.39 is 10.8 Å². The van der Waals surface area contributed by atoms with Crippen molar-refractivity contribution in [3.05, 3.63) is 17.5 Å². The molecule has 0 aliphatic carbocycles. The number of amides is 1. The summed E-state index contributed by atoms with van der Waals surface area (Å²) in [5.41, 5.74) is 0. The van der Waals surface area contributed by atoms with E-state index in [0.717, 1.165) is 0 Å². The van der Waals surface area contributed by atoms with Crippen LogP contribution >= 0.6 is 11.3 Å². The average Bonchev–Trinajstić information content (AvgIpc) is 2.79. The van der Waals surface area contributed by atoms with Gasteiger partial charge in [-0.25, -0.2) is 0 Å². The highest BCUT2D eigenvalue weighted by Gasteiger charge is 2.14. The molecule has 1 aromatic heterocycles. The Labute approximate surface area is 101 Å². The normalized spacial score (nSPS) is 11.8. The number of hydrogen-bond acceptors (Lipinski definition) is 4. The molecule has 0 spiro atoms. The lowest BCUT2D eigenvalue weighted by Gasteiger charge is -2.14. The second-order valence-electron chi connectivity index (χ2n) is 3.15. The molecule has 0 radical (unpaired) electrons. The van der Waals surface area contributed by atoms with Crippen LogP contribution in [-0.2, 0) is 15.6 Å². The number of nitrogens with zero attached hydrogens (tertiary/aromatic N) is 2. The van der Waals surface area contributed by atoms with Gasteiger partial charge in [-0.1, -0.05) is 6.07 Å². The largest absolute Gasteiger partial charge is 0.344 e. The molecular formula is C10H12N2O2S2. The van der Waals surface area contributed by atoms with E-state index >= 15 is 0 Å². The first-order valence-electron chi connectivity index (χ1n) is 4.68. The maximum atomic E-state index is 11.7. The van der Waals surface area contributed by atoms with E-state index in [1.165, 1.54) is 16.2 Å². The van der Waals surface area contributed by atoms with E-state index in [9.17, 15) is 9.00 Å². The van der Waals surface area contributed by atoms with E-state index in [0.29, 0.717) is 17.2 Å². The van der Waals surface area contributed by atoms with Crippen LogP contribution in [0.3, 0.4) is 0 Å². The van der Waals surface area contributed by atoms with Crippen molar-refractivity contribution in [2.24, 2.45) is 0 Å². The summed E-state index contributed by atoms with van der Waals surface area (Å²) in [5.74, 6) is -0.204. The molecule has 0 fully saturated rings. The summed E-state index contributed by atoms with van der Waals surface area (Å²) in [5, 5.41) is 10.2. The van der Waals surface area contributed by atoms with Crippen molar-refractivity contribution < 1.29 is 9.00 Å². The zero-order valence-corrected chi connectivity index (χ0v) is 10.5. The molecule has 0 N–H and O–H groups in total. The van der Waals surface area contributed by atoms with Crippen LogP contribution in [0.1, 0.15) is 6.42 Å². The van der Waals surface area contributed by atoms with Crippen LogP contribution in [0, 0.1) is 11.3 Å². The lowest BCUT2D eigenvalue weighted by atomic mass is 10.4. The van der Waals surface area contributed by atoms with Crippen molar-refractivity contribution in [3.63, 3.8) is 0 Å². The summed E-state index contributed by atoms with van der Waals surface area (Å²) in [6.45, 7) is 0.386. The van der Waals surface area contributed by atoms with Crippen LogP contribution in [-0.4, -0.2) is 34.4 Å². The van der Waals surface area contributed by atoms with Crippen molar-refractivity contribution >= 4 is 28.0 Å². The lowest BCUT2D eigenvalue weighted by Crippen LogP contribution is -2.31. The highest BCUT2D eigenvalue weighted by Crippen LogP contribution is 2.14. The molecule has 0 saturated heterocycles. The topological polar surface area (TPSA) is 61.2 Å². The molecular weight excluding hydrogens is 244 g/mol. The van der Waals surface area contributed by atoms with E-state index in [2.05, 4.69) is 0 Å². The molecule has 1 rings (SSSR count). The predicted molar refractivity (Wildman–Crippen MR) is 63.5 cm³/mol. The Bertz CT molecular complexity index is 409. The fraction of sp³-hybridized carbons (Fsp3) is 0.400. The summed E-state index contributed by atoms with van der Waals surface area (Å²) < 4.78 is 12.4. The number of rotatable bonds is 5. The Balaban J connectivity index is 2.46. The minimum Gasteiger partial charge on any atom is -0.344 e. The second-order valence-corrected chi connectivity index (χ2v) is 5.77. The van der Waals surface area contributed by atoms with Crippen LogP contribution in [0.5, 0.6) is 0 Å². The molecule has 1 amide bonds. The first kappa shape index (κ1) is 12.9. The molecule has 1 aromatic rings. The van der Waals surface area contributed by atoms with Crippen molar-refractivity contribution in [1.29, 1.82) is 5.26 Å². The van der Waals surface area contributed by atoms with Crippen molar-refractivity contribution in [1.82, 2.24) is 4.90 Å². The summed E-state index contributed by atoms with van der Waals surface area (Å²) >= 11 is 1.38. The summed E-state index contributed by atoms with van der Waals surface area (Å²) in [6.07, 6.45) is 0.299. The molecule has 1 unspecified atom stereocenters. The fourth-order valence-corrected chi connectivity index (χ4v) is 3.07. The number of hydrogen-bond donors (Lipinski definition) is 0.